The average molecular weight is 259 g/mol. The highest BCUT2D eigenvalue weighted by Crippen LogP contribution is 2.24. The van der Waals surface area contributed by atoms with Crippen LogP contribution in [0.1, 0.15) is 13.3 Å². The number of hydrogen-bond acceptors (Lipinski definition) is 3. The summed E-state index contributed by atoms with van der Waals surface area (Å²) < 4.78 is 2.11. The predicted octanol–water partition coefficient (Wildman–Crippen LogP) is 3.63. The Hall–Kier alpha value is -1.55. The number of allylic oxidation sites excluding steroid dienone is 1. The van der Waals surface area contributed by atoms with Crippen molar-refractivity contribution in [3.63, 3.8) is 0 Å². The van der Waals surface area contributed by atoms with Gasteiger partial charge in [-0.25, -0.2) is 0 Å². The highest BCUT2D eigenvalue weighted by molar-refractivity contribution is 7.99. The summed E-state index contributed by atoms with van der Waals surface area (Å²) >= 11 is 1.74. The van der Waals surface area contributed by atoms with Gasteiger partial charge in [-0.1, -0.05) is 55.1 Å². The van der Waals surface area contributed by atoms with Gasteiger partial charge in [-0.15, -0.1) is 16.8 Å². The van der Waals surface area contributed by atoms with Gasteiger partial charge >= 0.3 is 0 Å². The first kappa shape index (κ1) is 12.9. The molecule has 18 heavy (non-hydrogen) atoms. The lowest BCUT2D eigenvalue weighted by Crippen LogP contribution is -2.00. The molecule has 4 heteroatoms. The van der Waals surface area contributed by atoms with Gasteiger partial charge in [-0.2, -0.15) is 0 Å². The summed E-state index contributed by atoms with van der Waals surface area (Å²) in [6, 6.07) is 10.1. The Kier molecular flexibility index (Phi) is 4.59. The molecular weight excluding hydrogens is 242 g/mol. The van der Waals surface area contributed by atoms with Gasteiger partial charge in [0.1, 0.15) is 0 Å². The van der Waals surface area contributed by atoms with Crippen molar-refractivity contribution in [3.05, 3.63) is 43.0 Å². The van der Waals surface area contributed by atoms with Crippen molar-refractivity contribution in [1.82, 2.24) is 14.8 Å². The van der Waals surface area contributed by atoms with Crippen molar-refractivity contribution in [1.29, 1.82) is 0 Å². The van der Waals surface area contributed by atoms with Crippen LogP contribution in [0.5, 0.6) is 0 Å². The zero-order valence-corrected chi connectivity index (χ0v) is 11.4. The molecule has 2 rings (SSSR count). The molecule has 0 radical (unpaired) electrons. The maximum Gasteiger partial charge on any atom is 0.191 e. The van der Waals surface area contributed by atoms with Crippen molar-refractivity contribution in [3.8, 4) is 11.4 Å². The number of aromatic nitrogens is 3. The normalized spacial score (nSPS) is 10.5. The third kappa shape index (κ3) is 2.82. The Morgan fingerprint density at radius 3 is 2.72 bits per heavy atom. The number of hydrogen-bond donors (Lipinski definition) is 0. The molecule has 0 aliphatic rings. The lowest BCUT2D eigenvalue weighted by atomic mass is 10.2. The molecule has 1 aromatic heterocycles. The molecule has 0 atom stereocenters. The molecule has 0 saturated carbocycles. The van der Waals surface area contributed by atoms with Crippen LogP contribution < -0.4 is 0 Å². The second-order valence-corrected chi connectivity index (χ2v) is 4.98. The molecule has 0 saturated heterocycles. The van der Waals surface area contributed by atoms with E-state index in [2.05, 4.69) is 40.4 Å². The average Bonchev–Trinajstić information content (AvgIpc) is 2.81. The van der Waals surface area contributed by atoms with E-state index in [-0.39, 0.29) is 0 Å². The van der Waals surface area contributed by atoms with Crippen molar-refractivity contribution < 1.29 is 0 Å². The first-order chi connectivity index (χ1) is 8.86. The standard InChI is InChI=1S/C14H17N3S/c1-3-10-17-13(12-8-6-5-7-9-12)15-16-14(17)18-11-4-2/h3,5-9H,1,4,10-11H2,2H3. The van der Waals surface area contributed by atoms with Crippen LogP contribution in [0.25, 0.3) is 11.4 Å². The van der Waals surface area contributed by atoms with Gasteiger partial charge in [0.15, 0.2) is 11.0 Å². The molecule has 1 heterocycles. The van der Waals surface area contributed by atoms with Gasteiger partial charge < -0.3 is 0 Å². The van der Waals surface area contributed by atoms with Crippen molar-refractivity contribution in [2.45, 2.75) is 25.0 Å². The third-order valence-corrected chi connectivity index (χ3v) is 3.67. The lowest BCUT2D eigenvalue weighted by Gasteiger charge is -2.07. The summed E-state index contributed by atoms with van der Waals surface area (Å²) in [5, 5.41) is 9.55. The predicted molar refractivity (Wildman–Crippen MR) is 76.7 cm³/mol. The molecule has 94 valence electrons. The smallest absolute Gasteiger partial charge is 0.191 e. The molecule has 0 spiro atoms. The Bertz CT molecular complexity index is 505. The molecule has 0 amide bonds. The maximum atomic E-state index is 4.30. The fraction of sp³-hybridized carbons (Fsp3) is 0.286. The second kappa shape index (κ2) is 6.40. The van der Waals surface area contributed by atoms with Gasteiger partial charge in [-0.05, 0) is 6.42 Å². The van der Waals surface area contributed by atoms with Gasteiger partial charge in [-0.3, -0.25) is 4.57 Å². The minimum absolute atomic E-state index is 0.739. The van der Waals surface area contributed by atoms with Crippen molar-refractivity contribution in [2.75, 3.05) is 5.75 Å². The Labute approximate surface area is 112 Å². The van der Waals surface area contributed by atoms with E-state index in [1.165, 1.54) is 0 Å². The molecule has 0 fully saturated rings. The molecule has 0 N–H and O–H groups in total. The summed E-state index contributed by atoms with van der Waals surface area (Å²) in [4.78, 5) is 0. The van der Waals surface area contributed by atoms with Gasteiger partial charge in [0.2, 0.25) is 0 Å². The van der Waals surface area contributed by atoms with Crippen molar-refractivity contribution in [2.24, 2.45) is 0 Å². The van der Waals surface area contributed by atoms with Crippen LogP contribution in [0.2, 0.25) is 0 Å². The summed E-state index contributed by atoms with van der Waals surface area (Å²) in [6.07, 6.45) is 3.01. The first-order valence-corrected chi connectivity index (χ1v) is 7.07. The Morgan fingerprint density at radius 2 is 2.06 bits per heavy atom. The minimum Gasteiger partial charge on any atom is -0.298 e. The van der Waals surface area contributed by atoms with Crippen LogP contribution in [0.3, 0.4) is 0 Å². The topological polar surface area (TPSA) is 30.7 Å². The molecule has 0 unspecified atom stereocenters. The molecule has 2 aromatic rings. The first-order valence-electron chi connectivity index (χ1n) is 6.09. The number of nitrogens with zero attached hydrogens (tertiary/aromatic N) is 3. The van der Waals surface area contributed by atoms with E-state index >= 15 is 0 Å². The van der Waals surface area contributed by atoms with E-state index < -0.39 is 0 Å². The van der Waals surface area contributed by atoms with Crippen LogP contribution in [0.15, 0.2) is 48.1 Å². The zero-order valence-electron chi connectivity index (χ0n) is 10.5. The van der Waals surface area contributed by atoms with E-state index in [4.69, 9.17) is 0 Å². The number of thioether (sulfide) groups is 1. The maximum absolute atomic E-state index is 4.30. The summed E-state index contributed by atoms with van der Waals surface area (Å²) in [7, 11) is 0. The molecular formula is C14H17N3S. The van der Waals surface area contributed by atoms with E-state index in [1.807, 2.05) is 24.3 Å². The van der Waals surface area contributed by atoms with Crippen molar-refractivity contribution >= 4 is 11.8 Å². The van der Waals surface area contributed by atoms with Crippen LogP contribution >= 0.6 is 11.8 Å². The van der Waals surface area contributed by atoms with E-state index in [0.29, 0.717) is 0 Å². The van der Waals surface area contributed by atoms with Crippen LogP contribution in [0, 0.1) is 0 Å². The minimum atomic E-state index is 0.739. The fourth-order valence-electron chi connectivity index (χ4n) is 1.68. The molecule has 1 aromatic carbocycles. The molecule has 3 nitrogen and oxygen atoms in total. The van der Waals surface area contributed by atoms with E-state index in [9.17, 15) is 0 Å². The highest BCUT2D eigenvalue weighted by atomic mass is 32.2. The largest absolute Gasteiger partial charge is 0.298 e. The zero-order chi connectivity index (χ0) is 12.8. The second-order valence-electron chi connectivity index (χ2n) is 3.92. The van der Waals surface area contributed by atoms with E-state index in [1.54, 1.807) is 11.8 Å². The number of benzene rings is 1. The third-order valence-electron chi connectivity index (χ3n) is 2.50. The molecule has 0 aliphatic carbocycles. The Morgan fingerprint density at radius 1 is 1.28 bits per heavy atom. The molecule has 0 bridgehead atoms. The molecule has 0 aliphatic heterocycles. The fourth-order valence-corrected chi connectivity index (χ4v) is 2.49. The van der Waals surface area contributed by atoms with Gasteiger partial charge in [0, 0.05) is 17.9 Å². The highest BCUT2D eigenvalue weighted by Gasteiger charge is 2.12. The summed E-state index contributed by atoms with van der Waals surface area (Å²) in [5.74, 6) is 1.97. The lowest BCUT2D eigenvalue weighted by molar-refractivity contribution is 0.731. The SMILES string of the molecule is C=CCn1c(SCCC)nnc1-c1ccccc1. The van der Waals surface area contributed by atoms with Crippen LogP contribution in [-0.2, 0) is 6.54 Å². The Balaban J connectivity index is 2.35. The van der Waals surface area contributed by atoms with Gasteiger partial charge in [0.05, 0.1) is 0 Å². The van der Waals surface area contributed by atoms with Crippen LogP contribution in [0.4, 0.5) is 0 Å². The summed E-state index contributed by atoms with van der Waals surface area (Å²) in [5.41, 5.74) is 1.09. The van der Waals surface area contributed by atoms with Crippen LogP contribution in [-0.4, -0.2) is 20.5 Å². The quantitative estimate of drug-likeness (QED) is 0.586. The number of rotatable bonds is 6. The van der Waals surface area contributed by atoms with Gasteiger partial charge in [0.25, 0.3) is 0 Å². The summed E-state index contributed by atoms with van der Waals surface area (Å²) in [6.45, 7) is 6.71. The van der Waals surface area contributed by atoms with E-state index in [0.717, 1.165) is 35.3 Å². The monoisotopic (exact) mass is 259 g/mol.